The summed E-state index contributed by atoms with van der Waals surface area (Å²) in [5, 5.41) is 18.1. The summed E-state index contributed by atoms with van der Waals surface area (Å²) < 4.78 is 70.9. The Labute approximate surface area is 231 Å². The first-order valence-electron chi connectivity index (χ1n) is 12.6. The molecule has 0 amide bonds. The van der Waals surface area contributed by atoms with Crippen LogP contribution in [0.15, 0.2) is 47.1 Å². The van der Waals surface area contributed by atoms with Crippen LogP contribution in [-0.4, -0.2) is 47.0 Å². The zero-order chi connectivity index (χ0) is 29.5. The first-order valence-corrected chi connectivity index (χ1v) is 12.6. The van der Waals surface area contributed by atoms with Crippen molar-refractivity contribution in [3.8, 4) is 22.8 Å². The fraction of sp³-hybridized carbons (Fsp3) is 0.310. The zero-order valence-electron chi connectivity index (χ0n) is 22.1. The third-order valence-corrected chi connectivity index (χ3v) is 7.19. The number of carbonyl (C=O) groups excluding carboxylic acids is 1. The molecule has 12 heteroatoms. The summed E-state index contributed by atoms with van der Waals surface area (Å²) in [6.45, 7) is -0.462. The SMILES string of the molecule is COc1cc2nc(CO)c(-c3ccc(CC(=O)CC(=N)c4coc(C5(C(F)(F)F)CC5)c4)c(F)c3)nc2cc1OC. The Kier molecular flexibility index (Phi) is 7.28. The van der Waals surface area contributed by atoms with Crippen molar-refractivity contribution in [3.63, 3.8) is 0 Å². The minimum atomic E-state index is -4.46. The van der Waals surface area contributed by atoms with Crippen molar-refractivity contribution in [2.24, 2.45) is 0 Å². The van der Waals surface area contributed by atoms with E-state index in [0.717, 1.165) is 12.3 Å². The van der Waals surface area contributed by atoms with Crippen molar-refractivity contribution in [3.05, 3.63) is 71.1 Å². The molecule has 0 atom stereocenters. The van der Waals surface area contributed by atoms with E-state index in [1.807, 2.05) is 0 Å². The van der Waals surface area contributed by atoms with E-state index in [9.17, 15) is 23.1 Å². The number of hydrogen-bond acceptors (Lipinski definition) is 8. The number of aromatic nitrogens is 2. The highest BCUT2D eigenvalue weighted by Gasteiger charge is 2.66. The van der Waals surface area contributed by atoms with Gasteiger partial charge in [0, 0.05) is 41.8 Å². The number of ketones is 1. The molecule has 1 aliphatic carbocycles. The van der Waals surface area contributed by atoms with Crippen LogP contribution in [0.5, 0.6) is 11.5 Å². The predicted octanol–water partition coefficient (Wildman–Crippen LogP) is 5.70. The molecule has 0 spiro atoms. The fourth-order valence-corrected chi connectivity index (χ4v) is 4.71. The van der Waals surface area contributed by atoms with Crippen molar-refractivity contribution < 1.29 is 41.4 Å². The predicted molar refractivity (Wildman–Crippen MR) is 140 cm³/mol. The molecule has 2 N–H and O–H groups in total. The van der Waals surface area contributed by atoms with Gasteiger partial charge in [0.1, 0.15) is 22.8 Å². The van der Waals surface area contributed by atoms with E-state index >= 15 is 4.39 Å². The lowest BCUT2D eigenvalue weighted by Gasteiger charge is -2.15. The third-order valence-electron chi connectivity index (χ3n) is 7.19. The minimum absolute atomic E-state index is 0.0686. The molecule has 0 saturated heterocycles. The smallest absolute Gasteiger partial charge is 0.401 e. The molecule has 4 aromatic rings. The van der Waals surface area contributed by atoms with Gasteiger partial charge in [-0.2, -0.15) is 13.2 Å². The van der Waals surface area contributed by atoms with Gasteiger partial charge in [-0.15, -0.1) is 0 Å². The number of aliphatic hydroxyl groups is 1. The van der Waals surface area contributed by atoms with Gasteiger partial charge in [-0.3, -0.25) is 4.79 Å². The molecule has 0 aliphatic heterocycles. The van der Waals surface area contributed by atoms with Crippen LogP contribution in [0.2, 0.25) is 0 Å². The van der Waals surface area contributed by atoms with Crippen LogP contribution in [0.4, 0.5) is 17.6 Å². The van der Waals surface area contributed by atoms with Crippen LogP contribution in [0, 0.1) is 11.2 Å². The average Bonchev–Trinajstić information content (AvgIpc) is 3.62. The first-order chi connectivity index (χ1) is 19.5. The molecule has 0 radical (unpaired) electrons. The number of fused-ring (bicyclic) bond motifs is 1. The van der Waals surface area contributed by atoms with Crippen molar-refractivity contribution in [2.75, 3.05) is 14.2 Å². The number of methoxy groups -OCH3 is 2. The molecule has 214 valence electrons. The molecule has 2 aromatic carbocycles. The van der Waals surface area contributed by atoms with Crippen LogP contribution >= 0.6 is 0 Å². The summed E-state index contributed by atoms with van der Waals surface area (Å²) in [6.07, 6.45) is -4.33. The number of hydrogen-bond donors (Lipinski definition) is 2. The summed E-state index contributed by atoms with van der Waals surface area (Å²) in [5.41, 5.74) is -0.442. The highest BCUT2D eigenvalue weighted by atomic mass is 19.4. The van der Waals surface area contributed by atoms with E-state index in [1.165, 1.54) is 26.4 Å². The van der Waals surface area contributed by atoms with Gasteiger partial charge >= 0.3 is 6.18 Å². The second kappa shape index (κ2) is 10.6. The quantitative estimate of drug-likeness (QED) is 0.185. The van der Waals surface area contributed by atoms with Crippen LogP contribution in [0.25, 0.3) is 22.3 Å². The maximum Gasteiger partial charge on any atom is 0.401 e. The second-order valence-corrected chi connectivity index (χ2v) is 9.83. The normalized spacial score (nSPS) is 14.2. The molecule has 2 aromatic heterocycles. The molecule has 0 unspecified atom stereocenters. The minimum Gasteiger partial charge on any atom is -0.493 e. The number of furan rings is 1. The van der Waals surface area contributed by atoms with E-state index in [-0.39, 0.29) is 53.2 Å². The van der Waals surface area contributed by atoms with Crippen LogP contribution in [0.3, 0.4) is 0 Å². The third kappa shape index (κ3) is 5.26. The summed E-state index contributed by atoms with van der Waals surface area (Å²) in [5.74, 6) is -0.617. The second-order valence-electron chi connectivity index (χ2n) is 9.83. The topological polar surface area (TPSA) is 119 Å². The van der Waals surface area contributed by atoms with E-state index in [2.05, 4.69) is 9.97 Å². The van der Waals surface area contributed by atoms with Gasteiger partial charge in [-0.25, -0.2) is 14.4 Å². The number of benzene rings is 2. The van der Waals surface area contributed by atoms with Crippen molar-refractivity contribution in [1.29, 1.82) is 5.41 Å². The van der Waals surface area contributed by atoms with Crippen molar-refractivity contribution in [2.45, 2.75) is 43.9 Å². The van der Waals surface area contributed by atoms with Gasteiger partial charge in [-0.1, -0.05) is 12.1 Å². The number of aliphatic hydroxyl groups excluding tert-OH is 1. The summed E-state index contributed by atoms with van der Waals surface area (Å²) in [6, 6.07) is 8.51. The van der Waals surface area contributed by atoms with Gasteiger partial charge < -0.3 is 24.4 Å². The van der Waals surface area contributed by atoms with Gasteiger partial charge in [0.25, 0.3) is 0 Å². The van der Waals surface area contributed by atoms with Crippen LogP contribution < -0.4 is 9.47 Å². The molecule has 1 saturated carbocycles. The Morgan fingerprint density at radius 2 is 1.73 bits per heavy atom. The number of rotatable bonds is 10. The average molecular weight is 572 g/mol. The van der Waals surface area contributed by atoms with Crippen LogP contribution in [0.1, 0.15) is 41.8 Å². The Morgan fingerprint density at radius 3 is 2.29 bits per heavy atom. The van der Waals surface area contributed by atoms with Gasteiger partial charge in [0.2, 0.25) is 0 Å². The molecular formula is C29H25F4N3O5. The number of nitrogens with zero attached hydrogens (tertiary/aromatic N) is 2. The molecule has 1 fully saturated rings. The summed E-state index contributed by atoms with van der Waals surface area (Å²) >= 11 is 0. The monoisotopic (exact) mass is 571 g/mol. The Hall–Kier alpha value is -4.32. The van der Waals surface area contributed by atoms with E-state index in [1.54, 1.807) is 18.2 Å². The standard InChI is InChI=1S/C29H25F4N3O5/c1-39-24-11-21-22(12-25(24)40-2)36-27(23(13-37)35-21)16-4-3-15(19(30)8-16)7-18(38)10-20(34)17-9-26(41-14-17)28(5-6-28)29(31,32)33/h3-4,8-9,11-12,14,34,37H,5-7,10,13H2,1-2H3. The maximum atomic E-state index is 15.1. The number of alkyl halides is 3. The summed E-state index contributed by atoms with van der Waals surface area (Å²) in [4.78, 5) is 21.6. The van der Waals surface area contributed by atoms with Gasteiger partial charge in [0.05, 0.1) is 49.5 Å². The molecule has 41 heavy (non-hydrogen) atoms. The zero-order valence-corrected chi connectivity index (χ0v) is 22.1. The number of ether oxygens (including phenoxy) is 2. The molecule has 0 bridgehead atoms. The first kappa shape index (κ1) is 28.2. The van der Waals surface area contributed by atoms with E-state index in [4.69, 9.17) is 19.3 Å². The van der Waals surface area contributed by atoms with Crippen molar-refractivity contribution in [1.82, 2.24) is 9.97 Å². The summed E-state index contributed by atoms with van der Waals surface area (Å²) in [7, 11) is 2.95. The Balaban J connectivity index is 1.32. The largest absolute Gasteiger partial charge is 0.493 e. The highest BCUT2D eigenvalue weighted by Crippen LogP contribution is 2.59. The van der Waals surface area contributed by atoms with Gasteiger partial charge in [0.15, 0.2) is 11.5 Å². The number of nitrogens with one attached hydrogen (secondary N) is 1. The maximum absolute atomic E-state index is 15.1. The van der Waals surface area contributed by atoms with E-state index in [0.29, 0.717) is 28.1 Å². The van der Waals surface area contributed by atoms with Crippen molar-refractivity contribution >= 4 is 22.5 Å². The Bertz CT molecular complexity index is 1660. The lowest BCUT2D eigenvalue weighted by molar-refractivity contribution is -0.164. The Morgan fingerprint density at radius 1 is 1.07 bits per heavy atom. The lowest BCUT2D eigenvalue weighted by atomic mass is 9.98. The molecule has 1 aliphatic rings. The molecule has 2 heterocycles. The fourth-order valence-electron chi connectivity index (χ4n) is 4.71. The molecule has 8 nitrogen and oxygen atoms in total. The number of halogens is 4. The van der Waals surface area contributed by atoms with E-state index < -0.39 is 36.2 Å². The van der Waals surface area contributed by atoms with Gasteiger partial charge in [-0.05, 0) is 30.5 Å². The van der Waals surface area contributed by atoms with Crippen LogP contribution in [-0.2, 0) is 23.2 Å². The number of Topliss-reactive ketones (excluding diaryl/α,β-unsaturated/α-hetero) is 1. The highest BCUT2D eigenvalue weighted by molar-refractivity contribution is 6.09. The lowest BCUT2D eigenvalue weighted by Crippen LogP contribution is -2.28. The number of carbonyl (C=O) groups is 1. The molecular weight excluding hydrogens is 546 g/mol. The molecule has 5 rings (SSSR count).